The minimum atomic E-state index is -0.137. The van der Waals surface area contributed by atoms with Crippen LogP contribution in [-0.2, 0) is 0 Å². The Bertz CT molecular complexity index is 773. The van der Waals surface area contributed by atoms with E-state index in [1.807, 2.05) is 36.4 Å². The highest BCUT2D eigenvalue weighted by molar-refractivity contribution is 5.93. The van der Waals surface area contributed by atoms with Gasteiger partial charge >= 0.3 is 0 Å². The molecule has 0 aliphatic carbocycles. The zero-order valence-corrected chi connectivity index (χ0v) is 10.4. The summed E-state index contributed by atoms with van der Waals surface area (Å²) in [5, 5.41) is 24.1. The molecular formula is C16H11NO3. The molecule has 0 aromatic heterocycles. The van der Waals surface area contributed by atoms with Gasteiger partial charge in [0.1, 0.15) is 0 Å². The SMILES string of the molecule is Oc1cc2cc3c(cc2cc1O)Oc1ccccc1N3. The van der Waals surface area contributed by atoms with Crippen molar-refractivity contribution in [3.05, 3.63) is 48.5 Å². The van der Waals surface area contributed by atoms with E-state index in [1.165, 1.54) is 12.1 Å². The zero-order valence-electron chi connectivity index (χ0n) is 10.4. The number of benzene rings is 3. The number of hydrogen-bond acceptors (Lipinski definition) is 4. The summed E-state index contributed by atoms with van der Waals surface area (Å²) in [6, 6.07) is 14.5. The van der Waals surface area contributed by atoms with E-state index in [1.54, 1.807) is 0 Å². The van der Waals surface area contributed by atoms with E-state index >= 15 is 0 Å². The summed E-state index contributed by atoms with van der Waals surface area (Å²) in [6.45, 7) is 0. The van der Waals surface area contributed by atoms with Gasteiger partial charge in [-0.2, -0.15) is 0 Å². The first-order valence-corrected chi connectivity index (χ1v) is 6.24. The highest BCUT2D eigenvalue weighted by Crippen LogP contribution is 2.44. The molecule has 0 amide bonds. The molecule has 0 radical (unpaired) electrons. The molecule has 4 rings (SSSR count). The Morgan fingerprint density at radius 3 is 2.25 bits per heavy atom. The van der Waals surface area contributed by atoms with Crippen LogP contribution in [0.15, 0.2) is 48.5 Å². The molecule has 1 aliphatic heterocycles. The third kappa shape index (κ3) is 1.55. The van der Waals surface area contributed by atoms with E-state index in [0.29, 0.717) is 5.75 Å². The highest BCUT2D eigenvalue weighted by Gasteiger charge is 2.17. The Labute approximate surface area is 114 Å². The predicted octanol–water partition coefficient (Wildman–Crippen LogP) is 4.10. The van der Waals surface area contributed by atoms with Gasteiger partial charge in [0.2, 0.25) is 0 Å². The fourth-order valence-electron chi connectivity index (χ4n) is 2.41. The Balaban J connectivity index is 1.92. The van der Waals surface area contributed by atoms with Crippen LogP contribution in [0.25, 0.3) is 10.8 Å². The van der Waals surface area contributed by atoms with Crippen molar-refractivity contribution in [2.75, 3.05) is 5.32 Å². The van der Waals surface area contributed by atoms with E-state index < -0.39 is 0 Å². The number of phenolic OH excluding ortho intramolecular Hbond substituents is 2. The van der Waals surface area contributed by atoms with Crippen molar-refractivity contribution in [2.24, 2.45) is 0 Å². The third-order valence-corrected chi connectivity index (χ3v) is 3.41. The van der Waals surface area contributed by atoms with Crippen molar-refractivity contribution in [3.63, 3.8) is 0 Å². The molecule has 0 fully saturated rings. The topological polar surface area (TPSA) is 61.7 Å². The average Bonchev–Trinajstić information content (AvgIpc) is 2.44. The maximum Gasteiger partial charge on any atom is 0.158 e. The third-order valence-electron chi connectivity index (χ3n) is 3.41. The summed E-state index contributed by atoms with van der Waals surface area (Å²) in [5.74, 6) is 1.19. The predicted molar refractivity (Wildman–Crippen MR) is 77.1 cm³/mol. The van der Waals surface area contributed by atoms with E-state index in [4.69, 9.17) is 4.74 Å². The summed E-state index contributed by atoms with van der Waals surface area (Å²) >= 11 is 0. The van der Waals surface area contributed by atoms with E-state index in [-0.39, 0.29) is 11.5 Å². The Kier molecular flexibility index (Phi) is 2.09. The quantitative estimate of drug-likeness (QED) is 0.419. The van der Waals surface area contributed by atoms with Crippen LogP contribution in [0, 0.1) is 0 Å². The lowest BCUT2D eigenvalue weighted by molar-refractivity contribution is 0.405. The number of anilines is 2. The van der Waals surface area contributed by atoms with Crippen LogP contribution >= 0.6 is 0 Å². The number of para-hydroxylation sites is 2. The Morgan fingerprint density at radius 2 is 1.45 bits per heavy atom. The van der Waals surface area contributed by atoms with Gasteiger partial charge in [-0.3, -0.25) is 0 Å². The Hall–Kier alpha value is -2.88. The first-order chi connectivity index (χ1) is 9.70. The van der Waals surface area contributed by atoms with Gasteiger partial charge in [-0.25, -0.2) is 0 Å². The molecule has 0 unspecified atom stereocenters. The summed E-state index contributed by atoms with van der Waals surface area (Å²) in [5.41, 5.74) is 1.74. The number of aromatic hydroxyl groups is 2. The zero-order chi connectivity index (χ0) is 13.7. The fraction of sp³-hybridized carbons (Fsp3) is 0. The van der Waals surface area contributed by atoms with E-state index in [2.05, 4.69) is 5.32 Å². The standard InChI is InChI=1S/C16H11NO3/c18-13-6-9-5-12-16(8-10(9)7-14(13)19)20-15-4-2-1-3-11(15)17-12/h1-8,17-19H. The molecule has 0 bridgehead atoms. The largest absolute Gasteiger partial charge is 0.504 e. The van der Waals surface area contributed by atoms with Crippen molar-refractivity contribution in [1.82, 2.24) is 0 Å². The smallest absolute Gasteiger partial charge is 0.158 e. The average molecular weight is 265 g/mol. The highest BCUT2D eigenvalue weighted by atomic mass is 16.5. The number of rotatable bonds is 0. The number of fused-ring (bicyclic) bond motifs is 3. The van der Waals surface area contributed by atoms with Gasteiger partial charge in [0, 0.05) is 0 Å². The molecule has 3 aromatic rings. The van der Waals surface area contributed by atoms with Gasteiger partial charge in [0.05, 0.1) is 11.4 Å². The lowest BCUT2D eigenvalue weighted by atomic mass is 10.1. The monoisotopic (exact) mass is 265 g/mol. The van der Waals surface area contributed by atoms with Gasteiger partial charge in [-0.15, -0.1) is 0 Å². The minimum Gasteiger partial charge on any atom is -0.504 e. The molecule has 1 heterocycles. The second-order valence-electron chi connectivity index (χ2n) is 4.76. The molecule has 4 heteroatoms. The van der Waals surface area contributed by atoms with Crippen molar-refractivity contribution in [3.8, 4) is 23.0 Å². The maximum atomic E-state index is 9.58. The fourth-order valence-corrected chi connectivity index (χ4v) is 2.41. The second kappa shape index (κ2) is 3.81. The Morgan fingerprint density at radius 1 is 0.750 bits per heavy atom. The van der Waals surface area contributed by atoms with Gasteiger partial charge < -0.3 is 20.3 Å². The molecule has 0 saturated heterocycles. The van der Waals surface area contributed by atoms with Crippen molar-refractivity contribution < 1.29 is 14.9 Å². The lowest BCUT2D eigenvalue weighted by Crippen LogP contribution is -2.02. The van der Waals surface area contributed by atoms with Crippen LogP contribution in [0.1, 0.15) is 0 Å². The lowest BCUT2D eigenvalue weighted by Gasteiger charge is -2.22. The minimum absolute atomic E-state index is 0.130. The molecule has 98 valence electrons. The van der Waals surface area contributed by atoms with E-state index in [0.717, 1.165) is 27.9 Å². The molecule has 1 aliphatic rings. The first kappa shape index (κ1) is 11.0. The molecular weight excluding hydrogens is 254 g/mol. The molecule has 3 N–H and O–H groups in total. The van der Waals surface area contributed by atoms with E-state index in [9.17, 15) is 10.2 Å². The van der Waals surface area contributed by atoms with Gasteiger partial charge in [0.15, 0.2) is 23.0 Å². The number of hydrogen-bond donors (Lipinski definition) is 3. The number of nitrogens with one attached hydrogen (secondary N) is 1. The number of ether oxygens (including phenoxy) is 1. The van der Waals surface area contributed by atoms with Crippen LogP contribution in [0.3, 0.4) is 0 Å². The van der Waals surface area contributed by atoms with Crippen LogP contribution in [-0.4, -0.2) is 10.2 Å². The van der Waals surface area contributed by atoms with Crippen LogP contribution < -0.4 is 10.1 Å². The summed E-state index contributed by atoms with van der Waals surface area (Å²) in [7, 11) is 0. The maximum absolute atomic E-state index is 9.58. The molecule has 3 aromatic carbocycles. The molecule has 0 atom stereocenters. The van der Waals surface area contributed by atoms with Crippen molar-refractivity contribution in [1.29, 1.82) is 0 Å². The van der Waals surface area contributed by atoms with Gasteiger partial charge in [-0.1, -0.05) is 12.1 Å². The summed E-state index contributed by atoms with van der Waals surface area (Å²) < 4.78 is 5.85. The number of phenols is 2. The van der Waals surface area contributed by atoms with Crippen LogP contribution in [0.5, 0.6) is 23.0 Å². The summed E-state index contributed by atoms with van der Waals surface area (Å²) in [6.07, 6.45) is 0. The molecule has 0 spiro atoms. The molecule has 20 heavy (non-hydrogen) atoms. The van der Waals surface area contributed by atoms with Crippen molar-refractivity contribution in [2.45, 2.75) is 0 Å². The van der Waals surface area contributed by atoms with Gasteiger partial charge in [-0.05, 0) is 47.2 Å². The van der Waals surface area contributed by atoms with Crippen LogP contribution in [0.2, 0.25) is 0 Å². The van der Waals surface area contributed by atoms with Crippen molar-refractivity contribution >= 4 is 22.1 Å². The summed E-state index contributed by atoms with van der Waals surface area (Å²) in [4.78, 5) is 0. The molecule has 0 saturated carbocycles. The van der Waals surface area contributed by atoms with Gasteiger partial charge in [0.25, 0.3) is 0 Å². The normalized spacial score (nSPS) is 12.2. The first-order valence-electron chi connectivity index (χ1n) is 6.24. The second-order valence-corrected chi connectivity index (χ2v) is 4.76. The van der Waals surface area contributed by atoms with Crippen LogP contribution in [0.4, 0.5) is 11.4 Å². The molecule has 4 nitrogen and oxygen atoms in total.